The van der Waals surface area contributed by atoms with E-state index >= 15 is 0 Å². The first kappa shape index (κ1) is 12.2. The number of pyridine rings is 1. The molecule has 4 atom stereocenters. The van der Waals surface area contributed by atoms with Gasteiger partial charge in [0.1, 0.15) is 0 Å². The van der Waals surface area contributed by atoms with E-state index in [1.54, 1.807) is 0 Å². The fourth-order valence-electron chi connectivity index (χ4n) is 4.05. The topological polar surface area (TPSA) is 24.9 Å². The number of aromatic nitrogens is 1. The van der Waals surface area contributed by atoms with E-state index in [0.29, 0.717) is 6.04 Å². The summed E-state index contributed by atoms with van der Waals surface area (Å²) in [6.45, 7) is 3.48. The summed E-state index contributed by atoms with van der Waals surface area (Å²) in [6.07, 6.45) is 10.9. The van der Waals surface area contributed by atoms with E-state index in [-0.39, 0.29) is 0 Å². The van der Waals surface area contributed by atoms with Gasteiger partial charge < -0.3 is 5.32 Å². The summed E-state index contributed by atoms with van der Waals surface area (Å²) in [7, 11) is 0. The van der Waals surface area contributed by atoms with Crippen LogP contribution in [0, 0.1) is 17.8 Å². The first-order valence-electron chi connectivity index (χ1n) is 7.45. The van der Waals surface area contributed by atoms with Crippen LogP contribution in [0.25, 0.3) is 0 Å². The smallest absolute Gasteiger partial charge is 0.0270 e. The van der Waals surface area contributed by atoms with Crippen LogP contribution in [0.4, 0.5) is 0 Å². The molecule has 1 aromatic heterocycles. The molecule has 2 aliphatic carbocycles. The molecule has 1 heterocycles. The summed E-state index contributed by atoms with van der Waals surface area (Å²) in [5.74, 6) is 3.03. The minimum absolute atomic E-state index is 0.696. The zero-order chi connectivity index (χ0) is 12.4. The number of nitrogens with zero attached hydrogens (tertiary/aromatic N) is 1. The van der Waals surface area contributed by atoms with Gasteiger partial charge in [-0.1, -0.05) is 6.42 Å². The predicted molar refractivity (Wildman–Crippen MR) is 74.3 cm³/mol. The normalized spacial score (nSPS) is 31.7. The second-order valence-electron chi connectivity index (χ2n) is 6.19. The maximum Gasteiger partial charge on any atom is 0.0270 e. The maximum atomic E-state index is 4.06. The van der Waals surface area contributed by atoms with E-state index in [0.717, 1.165) is 30.7 Å². The van der Waals surface area contributed by atoms with E-state index in [9.17, 15) is 0 Å². The molecule has 3 rings (SSSR count). The van der Waals surface area contributed by atoms with E-state index in [4.69, 9.17) is 0 Å². The fourth-order valence-corrected chi connectivity index (χ4v) is 4.05. The van der Waals surface area contributed by atoms with Gasteiger partial charge in [-0.3, -0.25) is 4.98 Å². The number of nitrogens with one attached hydrogen (secondary N) is 1. The Bertz CT molecular complexity index is 376. The van der Waals surface area contributed by atoms with Gasteiger partial charge in [0.05, 0.1) is 0 Å². The van der Waals surface area contributed by atoms with Crippen LogP contribution < -0.4 is 5.32 Å². The van der Waals surface area contributed by atoms with Crippen LogP contribution in [-0.2, 0) is 6.42 Å². The van der Waals surface area contributed by atoms with Gasteiger partial charge in [-0.25, -0.2) is 0 Å². The molecule has 2 heteroatoms. The molecule has 0 amide bonds. The van der Waals surface area contributed by atoms with E-state index in [1.165, 1.54) is 31.2 Å². The first-order chi connectivity index (χ1) is 8.83. The SMILES string of the molecule is CC(NCCc1ccncc1)C1CC2CCC1C2. The summed E-state index contributed by atoms with van der Waals surface area (Å²) >= 11 is 0. The average molecular weight is 244 g/mol. The molecule has 2 saturated carbocycles. The molecule has 2 fully saturated rings. The molecule has 0 radical (unpaired) electrons. The van der Waals surface area contributed by atoms with Gasteiger partial charge in [-0.2, -0.15) is 0 Å². The van der Waals surface area contributed by atoms with Crippen molar-refractivity contribution < 1.29 is 0 Å². The van der Waals surface area contributed by atoms with E-state index in [1.807, 2.05) is 12.4 Å². The lowest BCUT2D eigenvalue weighted by Crippen LogP contribution is -2.37. The Labute approximate surface area is 110 Å². The van der Waals surface area contributed by atoms with Crippen molar-refractivity contribution in [2.45, 2.75) is 45.1 Å². The Kier molecular flexibility index (Phi) is 3.64. The second kappa shape index (κ2) is 5.40. The molecular weight excluding hydrogens is 220 g/mol. The van der Waals surface area contributed by atoms with Crippen molar-refractivity contribution in [2.75, 3.05) is 6.54 Å². The number of rotatable bonds is 5. The van der Waals surface area contributed by atoms with E-state index < -0.39 is 0 Å². The quantitative estimate of drug-likeness (QED) is 0.861. The number of fused-ring (bicyclic) bond motifs is 2. The van der Waals surface area contributed by atoms with Gasteiger partial charge in [0.2, 0.25) is 0 Å². The van der Waals surface area contributed by atoms with Crippen LogP contribution >= 0.6 is 0 Å². The Morgan fingerprint density at radius 2 is 2.11 bits per heavy atom. The molecular formula is C16H24N2. The maximum absolute atomic E-state index is 4.06. The van der Waals surface area contributed by atoms with E-state index in [2.05, 4.69) is 29.4 Å². The molecule has 2 bridgehead atoms. The Hall–Kier alpha value is -0.890. The third kappa shape index (κ3) is 2.59. The number of hydrogen-bond acceptors (Lipinski definition) is 2. The molecule has 18 heavy (non-hydrogen) atoms. The third-order valence-electron chi connectivity index (χ3n) is 5.06. The highest BCUT2D eigenvalue weighted by molar-refractivity contribution is 5.09. The van der Waals surface area contributed by atoms with Crippen molar-refractivity contribution in [1.82, 2.24) is 10.3 Å². The lowest BCUT2D eigenvalue weighted by atomic mass is 9.84. The minimum Gasteiger partial charge on any atom is -0.314 e. The summed E-state index contributed by atoms with van der Waals surface area (Å²) < 4.78 is 0. The zero-order valence-corrected chi connectivity index (χ0v) is 11.3. The van der Waals surface area contributed by atoms with Crippen molar-refractivity contribution in [3.63, 3.8) is 0 Å². The lowest BCUT2D eigenvalue weighted by Gasteiger charge is -2.28. The standard InChI is InChI=1S/C16H24N2/c1-12(16-11-14-2-3-15(16)10-14)18-9-6-13-4-7-17-8-5-13/h4-5,7-8,12,14-16,18H,2-3,6,9-11H2,1H3. The molecule has 0 saturated heterocycles. The highest BCUT2D eigenvalue weighted by atomic mass is 14.9. The van der Waals surface area contributed by atoms with Gasteiger partial charge in [0.25, 0.3) is 0 Å². The van der Waals surface area contributed by atoms with Gasteiger partial charge in [-0.05, 0) is 74.6 Å². The van der Waals surface area contributed by atoms with Crippen LogP contribution in [0.3, 0.4) is 0 Å². The molecule has 0 spiro atoms. The largest absolute Gasteiger partial charge is 0.314 e. The lowest BCUT2D eigenvalue weighted by molar-refractivity contribution is 0.261. The first-order valence-corrected chi connectivity index (χ1v) is 7.45. The zero-order valence-electron chi connectivity index (χ0n) is 11.3. The highest BCUT2D eigenvalue weighted by Crippen LogP contribution is 2.49. The van der Waals surface area contributed by atoms with Crippen LogP contribution in [0.2, 0.25) is 0 Å². The molecule has 2 nitrogen and oxygen atoms in total. The summed E-state index contributed by atoms with van der Waals surface area (Å²) in [5, 5.41) is 3.74. The van der Waals surface area contributed by atoms with Crippen molar-refractivity contribution in [3.8, 4) is 0 Å². The van der Waals surface area contributed by atoms with Crippen molar-refractivity contribution >= 4 is 0 Å². The monoisotopic (exact) mass is 244 g/mol. The van der Waals surface area contributed by atoms with Gasteiger partial charge in [-0.15, -0.1) is 0 Å². The minimum atomic E-state index is 0.696. The number of hydrogen-bond donors (Lipinski definition) is 1. The third-order valence-corrected chi connectivity index (χ3v) is 5.06. The molecule has 1 aromatic rings. The van der Waals surface area contributed by atoms with Crippen LogP contribution in [0.15, 0.2) is 24.5 Å². The summed E-state index contributed by atoms with van der Waals surface area (Å²) in [5.41, 5.74) is 1.39. The molecule has 0 aromatic carbocycles. The predicted octanol–water partition coefficient (Wildman–Crippen LogP) is 3.04. The average Bonchev–Trinajstić information content (AvgIpc) is 3.02. The van der Waals surface area contributed by atoms with Gasteiger partial charge >= 0.3 is 0 Å². The summed E-state index contributed by atoms with van der Waals surface area (Å²) in [6, 6.07) is 4.93. The van der Waals surface area contributed by atoms with Gasteiger partial charge in [0, 0.05) is 18.4 Å². The molecule has 98 valence electrons. The molecule has 1 N–H and O–H groups in total. The van der Waals surface area contributed by atoms with Gasteiger partial charge in [0.15, 0.2) is 0 Å². The molecule has 4 unspecified atom stereocenters. The van der Waals surface area contributed by atoms with Crippen LogP contribution in [0.1, 0.15) is 38.2 Å². The Morgan fingerprint density at radius 3 is 2.78 bits per heavy atom. The highest BCUT2D eigenvalue weighted by Gasteiger charge is 2.41. The van der Waals surface area contributed by atoms with Crippen molar-refractivity contribution in [1.29, 1.82) is 0 Å². The van der Waals surface area contributed by atoms with Crippen LogP contribution in [-0.4, -0.2) is 17.6 Å². The molecule has 0 aliphatic heterocycles. The Morgan fingerprint density at radius 1 is 1.28 bits per heavy atom. The fraction of sp³-hybridized carbons (Fsp3) is 0.688. The summed E-state index contributed by atoms with van der Waals surface area (Å²) in [4.78, 5) is 4.06. The second-order valence-corrected chi connectivity index (χ2v) is 6.19. The van der Waals surface area contributed by atoms with Crippen LogP contribution in [0.5, 0.6) is 0 Å². The Balaban J connectivity index is 1.43. The van der Waals surface area contributed by atoms with Crippen molar-refractivity contribution in [2.24, 2.45) is 17.8 Å². The van der Waals surface area contributed by atoms with Crippen molar-refractivity contribution in [3.05, 3.63) is 30.1 Å². The molecule has 2 aliphatic rings.